The number of aromatic hydroxyl groups is 1. The molecule has 0 saturated carbocycles. The summed E-state index contributed by atoms with van der Waals surface area (Å²) in [6.45, 7) is 3.37. The fourth-order valence-electron chi connectivity index (χ4n) is 3.75. The molecule has 1 heterocycles. The van der Waals surface area contributed by atoms with Crippen molar-refractivity contribution in [1.82, 2.24) is 10.2 Å². The minimum absolute atomic E-state index is 0.100. The van der Waals surface area contributed by atoms with Gasteiger partial charge in [0.15, 0.2) is 11.5 Å². The van der Waals surface area contributed by atoms with Crippen LogP contribution in [-0.4, -0.2) is 45.7 Å². The lowest BCUT2D eigenvalue weighted by atomic mass is 9.66. The number of aromatic amines is 2. The van der Waals surface area contributed by atoms with Crippen molar-refractivity contribution in [1.29, 1.82) is 0 Å². The van der Waals surface area contributed by atoms with E-state index in [0.29, 0.717) is 16.8 Å². The molecule has 26 heavy (non-hydrogen) atoms. The maximum Gasteiger partial charge on any atom is 0.312 e. The number of aromatic nitrogens is 2. The zero-order valence-electron chi connectivity index (χ0n) is 14.8. The Morgan fingerprint density at radius 3 is 2.73 bits per heavy atom. The number of rotatable bonds is 4. The number of phenolic OH excluding ortho intramolecular Hbond substituents is 1. The van der Waals surface area contributed by atoms with Crippen LogP contribution in [0.1, 0.15) is 36.6 Å². The van der Waals surface area contributed by atoms with Crippen molar-refractivity contribution in [3.63, 3.8) is 0 Å². The number of carbonyl (C=O) groups is 1. The van der Waals surface area contributed by atoms with Crippen LogP contribution in [-0.2, 0) is 16.0 Å². The van der Waals surface area contributed by atoms with Gasteiger partial charge in [-0.2, -0.15) is 0 Å². The molecule has 1 aromatic heterocycles. The standard InChI is InChI=1S/C18H22N2O6/c1-4-26-17(23)15-13(9-5-6-12(25-3)11(21)7-9)14-10(8-18(15,2)24)19-20-16(14)22/h5-7,13,15,21,24H,4,8H2,1-3H3,(H2,19,20,22)/t13-,15-,18-/m0/s1. The Morgan fingerprint density at radius 1 is 1.38 bits per heavy atom. The zero-order valence-corrected chi connectivity index (χ0v) is 14.8. The Kier molecular flexibility index (Phi) is 4.53. The van der Waals surface area contributed by atoms with E-state index in [4.69, 9.17) is 9.47 Å². The molecule has 0 fully saturated rings. The number of phenols is 1. The summed E-state index contributed by atoms with van der Waals surface area (Å²) in [7, 11) is 1.43. The SMILES string of the molecule is CCOC(=O)[C@@H]1[C@@H](c2ccc(OC)c(O)c2)c2c([nH][nH]c2=O)C[C@]1(C)O. The van der Waals surface area contributed by atoms with Crippen molar-refractivity contribution in [2.24, 2.45) is 5.92 Å². The maximum absolute atomic E-state index is 12.7. The number of H-pyrrole nitrogens is 2. The van der Waals surface area contributed by atoms with Gasteiger partial charge in [0.25, 0.3) is 5.56 Å². The predicted octanol–water partition coefficient (Wildman–Crippen LogP) is 1.04. The minimum Gasteiger partial charge on any atom is -0.504 e. The fraction of sp³-hybridized carbons (Fsp3) is 0.444. The molecule has 1 aliphatic carbocycles. The third-order valence-corrected chi connectivity index (χ3v) is 4.85. The molecule has 0 bridgehead atoms. The largest absolute Gasteiger partial charge is 0.504 e. The topological polar surface area (TPSA) is 125 Å². The Labute approximate surface area is 149 Å². The van der Waals surface area contributed by atoms with E-state index in [-0.39, 0.29) is 30.1 Å². The second-order valence-electron chi connectivity index (χ2n) is 6.64. The first kappa shape index (κ1) is 18.1. The molecule has 0 aliphatic heterocycles. The number of esters is 1. The second kappa shape index (κ2) is 6.53. The highest BCUT2D eigenvalue weighted by Crippen LogP contribution is 2.45. The molecule has 3 rings (SSSR count). The average Bonchev–Trinajstić information content (AvgIpc) is 2.93. The van der Waals surface area contributed by atoms with Crippen molar-refractivity contribution in [2.75, 3.05) is 13.7 Å². The summed E-state index contributed by atoms with van der Waals surface area (Å²) < 4.78 is 10.2. The lowest BCUT2D eigenvalue weighted by Gasteiger charge is -2.40. The van der Waals surface area contributed by atoms with Crippen LogP contribution in [0.15, 0.2) is 23.0 Å². The minimum atomic E-state index is -1.44. The number of hydrogen-bond acceptors (Lipinski definition) is 6. The van der Waals surface area contributed by atoms with Gasteiger partial charge in [0, 0.05) is 23.6 Å². The van der Waals surface area contributed by atoms with E-state index in [2.05, 4.69) is 10.2 Å². The molecule has 2 aromatic rings. The molecule has 4 N–H and O–H groups in total. The Hall–Kier alpha value is -2.74. The van der Waals surface area contributed by atoms with Gasteiger partial charge in [-0.3, -0.25) is 14.7 Å². The lowest BCUT2D eigenvalue weighted by Crippen LogP contribution is -2.50. The van der Waals surface area contributed by atoms with Crippen molar-refractivity contribution in [2.45, 2.75) is 31.8 Å². The normalized spacial score (nSPS) is 24.8. The smallest absolute Gasteiger partial charge is 0.312 e. The second-order valence-corrected chi connectivity index (χ2v) is 6.64. The molecule has 1 aliphatic rings. The molecular weight excluding hydrogens is 340 g/mol. The zero-order chi connectivity index (χ0) is 19.1. The van der Waals surface area contributed by atoms with E-state index in [1.54, 1.807) is 26.0 Å². The molecule has 0 unspecified atom stereocenters. The van der Waals surface area contributed by atoms with Crippen LogP contribution in [0.4, 0.5) is 0 Å². The van der Waals surface area contributed by atoms with E-state index in [0.717, 1.165) is 0 Å². The molecule has 0 amide bonds. The predicted molar refractivity (Wildman–Crippen MR) is 92.4 cm³/mol. The molecule has 140 valence electrons. The number of nitrogens with one attached hydrogen (secondary N) is 2. The maximum atomic E-state index is 12.7. The van der Waals surface area contributed by atoms with Crippen molar-refractivity contribution in [3.05, 3.63) is 45.4 Å². The summed E-state index contributed by atoms with van der Waals surface area (Å²) in [6, 6.07) is 4.65. The molecule has 1 aromatic carbocycles. The van der Waals surface area contributed by atoms with Gasteiger partial charge in [-0.25, -0.2) is 0 Å². The molecule has 0 spiro atoms. The van der Waals surface area contributed by atoms with Gasteiger partial charge in [-0.15, -0.1) is 0 Å². The molecule has 0 saturated heterocycles. The van der Waals surface area contributed by atoms with Gasteiger partial charge in [0.1, 0.15) is 0 Å². The summed E-state index contributed by atoms with van der Waals surface area (Å²) in [5.41, 5.74) is -0.414. The quantitative estimate of drug-likeness (QED) is 0.602. The van der Waals surface area contributed by atoms with Crippen molar-refractivity contribution in [3.8, 4) is 11.5 Å². The van der Waals surface area contributed by atoms with E-state index in [1.165, 1.54) is 13.2 Å². The Balaban J connectivity index is 2.21. The summed E-state index contributed by atoms with van der Waals surface area (Å²) in [6.07, 6.45) is 0.100. The third-order valence-electron chi connectivity index (χ3n) is 4.85. The van der Waals surface area contributed by atoms with Crippen molar-refractivity contribution < 1.29 is 24.5 Å². The number of hydrogen-bond donors (Lipinski definition) is 4. The number of aliphatic hydroxyl groups is 1. The number of fused-ring (bicyclic) bond motifs is 1. The summed E-state index contributed by atoms with van der Waals surface area (Å²) in [5, 5.41) is 26.4. The third kappa shape index (κ3) is 2.86. The van der Waals surface area contributed by atoms with E-state index >= 15 is 0 Å². The van der Waals surface area contributed by atoms with Gasteiger partial charge < -0.3 is 24.8 Å². The van der Waals surface area contributed by atoms with Gasteiger partial charge in [0.2, 0.25) is 0 Å². The van der Waals surface area contributed by atoms with Crippen molar-refractivity contribution >= 4 is 5.97 Å². The molecular formula is C18H22N2O6. The average molecular weight is 362 g/mol. The van der Waals surface area contributed by atoms with Crippen LogP contribution in [0.5, 0.6) is 11.5 Å². The number of benzene rings is 1. The first-order valence-corrected chi connectivity index (χ1v) is 8.35. The molecule has 8 heteroatoms. The van der Waals surface area contributed by atoms with Crippen LogP contribution in [0.25, 0.3) is 0 Å². The number of methoxy groups -OCH3 is 1. The summed E-state index contributed by atoms with van der Waals surface area (Å²) in [5.74, 6) is -2.22. The lowest BCUT2D eigenvalue weighted by molar-refractivity contribution is -0.159. The monoisotopic (exact) mass is 362 g/mol. The highest BCUT2D eigenvalue weighted by atomic mass is 16.5. The fourth-order valence-corrected chi connectivity index (χ4v) is 3.75. The van der Waals surface area contributed by atoms with Gasteiger partial charge in [-0.05, 0) is 31.5 Å². The Bertz CT molecular complexity index is 882. The van der Waals surface area contributed by atoms with E-state index in [1.807, 2.05) is 0 Å². The van der Waals surface area contributed by atoms with Gasteiger partial charge >= 0.3 is 5.97 Å². The van der Waals surface area contributed by atoms with E-state index in [9.17, 15) is 19.8 Å². The first-order valence-electron chi connectivity index (χ1n) is 8.35. The number of ether oxygens (including phenoxy) is 2. The highest BCUT2D eigenvalue weighted by Gasteiger charge is 2.51. The van der Waals surface area contributed by atoms with Gasteiger partial charge in [0.05, 0.1) is 25.2 Å². The molecule has 0 radical (unpaired) electrons. The Morgan fingerprint density at radius 2 is 2.12 bits per heavy atom. The van der Waals surface area contributed by atoms with E-state index < -0.39 is 23.4 Å². The van der Waals surface area contributed by atoms with Crippen LogP contribution in [0, 0.1) is 5.92 Å². The van der Waals surface area contributed by atoms with Crippen LogP contribution in [0.2, 0.25) is 0 Å². The van der Waals surface area contributed by atoms with Crippen LogP contribution < -0.4 is 10.3 Å². The van der Waals surface area contributed by atoms with Gasteiger partial charge in [-0.1, -0.05) is 6.07 Å². The molecule has 3 atom stereocenters. The number of carbonyl (C=O) groups excluding carboxylic acids is 1. The molecule has 8 nitrogen and oxygen atoms in total. The summed E-state index contributed by atoms with van der Waals surface area (Å²) in [4.78, 5) is 25.0. The van der Waals surface area contributed by atoms with Crippen LogP contribution in [0.3, 0.4) is 0 Å². The highest BCUT2D eigenvalue weighted by molar-refractivity contribution is 5.77. The van der Waals surface area contributed by atoms with Crippen LogP contribution >= 0.6 is 0 Å². The summed E-state index contributed by atoms with van der Waals surface area (Å²) >= 11 is 0. The first-order chi connectivity index (χ1) is 12.3.